The Labute approximate surface area is 108 Å². The number of nitrogens with one attached hydrogen (secondary N) is 1. The van der Waals surface area contributed by atoms with E-state index in [1.54, 1.807) is 6.20 Å². The maximum absolute atomic E-state index is 12.1. The molecule has 0 spiro atoms. The Hall–Kier alpha value is -1.49. The smallest absolute Gasteiger partial charge is 0.280 e. The molecular formula is C13H13N3OS. The SMILES string of the molecule is O=C(NC1CC2CC2C1)c1nc2cccnc2s1. The zero-order valence-corrected chi connectivity index (χ0v) is 10.6. The van der Waals surface area contributed by atoms with E-state index in [4.69, 9.17) is 0 Å². The monoisotopic (exact) mass is 259 g/mol. The predicted octanol–water partition coefficient (Wildman–Crippen LogP) is 2.22. The molecule has 2 heterocycles. The standard InChI is InChI=1S/C13H13N3OS/c17-11(15-9-5-7-4-8(7)6-9)13-16-10-2-1-3-14-12(10)18-13/h1-3,7-9H,4-6H2,(H,15,17). The van der Waals surface area contributed by atoms with Gasteiger partial charge >= 0.3 is 0 Å². The van der Waals surface area contributed by atoms with Gasteiger partial charge in [0.15, 0.2) is 5.01 Å². The highest BCUT2D eigenvalue weighted by Crippen LogP contribution is 2.51. The average molecular weight is 259 g/mol. The molecule has 0 bridgehead atoms. The first-order valence-electron chi connectivity index (χ1n) is 6.32. The lowest BCUT2D eigenvalue weighted by molar-refractivity contribution is 0.0935. The van der Waals surface area contributed by atoms with Crippen molar-refractivity contribution in [2.45, 2.75) is 25.3 Å². The van der Waals surface area contributed by atoms with Gasteiger partial charge < -0.3 is 5.32 Å². The fourth-order valence-corrected chi connectivity index (χ4v) is 3.76. The lowest BCUT2D eigenvalue weighted by Gasteiger charge is -2.12. The fourth-order valence-electron chi connectivity index (χ4n) is 2.95. The molecule has 2 saturated carbocycles. The van der Waals surface area contributed by atoms with Crippen LogP contribution in [0.15, 0.2) is 18.3 Å². The molecule has 1 N–H and O–H groups in total. The molecule has 0 aromatic carbocycles. The van der Waals surface area contributed by atoms with Crippen LogP contribution in [0.4, 0.5) is 0 Å². The largest absolute Gasteiger partial charge is 0.347 e. The minimum absolute atomic E-state index is 0.0377. The molecule has 4 nitrogen and oxygen atoms in total. The molecule has 5 heteroatoms. The first-order chi connectivity index (χ1) is 8.79. The van der Waals surface area contributed by atoms with E-state index in [1.165, 1.54) is 17.8 Å². The topological polar surface area (TPSA) is 54.9 Å². The molecule has 4 rings (SSSR count). The van der Waals surface area contributed by atoms with E-state index in [-0.39, 0.29) is 5.91 Å². The van der Waals surface area contributed by atoms with E-state index >= 15 is 0 Å². The summed E-state index contributed by atoms with van der Waals surface area (Å²) in [5.41, 5.74) is 0.807. The molecule has 18 heavy (non-hydrogen) atoms. The number of pyridine rings is 1. The lowest BCUT2D eigenvalue weighted by Crippen LogP contribution is -2.33. The maximum Gasteiger partial charge on any atom is 0.280 e. The molecule has 92 valence electrons. The van der Waals surface area contributed by atoms with Crippen LogP contribution in [0.2, 0.25) is 0 Å². The zero-order valence-electron chi connectivity index (χ0n) is 9.80. The van der Waals surface area contributed by atoms with Gasteiger partial charge in [-0.05, 0) is 43.2 Å². The number of thiazole rings is 1. The number of fused-ring (bicyclic) bond motifs is 2. The second-order valence-electron chi connectivity index (χ2n) is 5.24. The van der Waals surface area contributed by atoms with Crippen LogP contribution < -0.4 is 5.32 Å². The molecule has 2 atom stereocenters. The summed E-state index contributed by atoms with van der Waals surface area (Å²) in [7, 11) is 0. The summed E-state index contributed by atoms with van der Waals surface area (Å²) >= 11 is 1.37. The van der Waals surface area contributed by atoms with Gasteiger partial charge in [-0.3, -0.25) is 4.79 Å². The van der Waals surface area contributed by atoms with E-state index in [2.05, 4.69) is 15.3 Å². The highest BCUT2D eigenvalue weighted by atomic mass is 32.1. The fraction of sp³-hybridized carbons (Fsp3) is 0.462. The van der Waals surface area contributed by atoms with Crippen molar-refractivity contribution in [1.29, 1.82) is 0 Å². The van der Waals surface area contributed by atoms with E-state index in [9.17, 15) is 4.79 Å². The van der Waals surface area contributed by atoms with E-state index in [0.717, 1.165) is 35.0 Å². The average Bonchev–Trinajstić information content (AvgIpc) is 2.83. The third-order valence-corrected chi connectivity index (χ3v) is 4.92. The summed E-state index contributed by atoms with van der Waals surface area (Å²) in [5, 5.41) is 3.63. The van der Waals surface area contributed by atoms with Crippen LogP contribution in [0.5, 0.6) is 0 Å². The number of amides is 1. The minimum Gasteiger partial charge on any atom is -0.347 e. The van der Waals surface area contributed by atoms with Crippen molar-refractivity contribution < 1.29 is 4.79 Å². The van der Waals surface area contributed by atoms with Crippen molar-refractivity contribution >= 4 is 27.6 Å². The number of carbonyl (C=O) groups excluding carboxylic acids is 1. The van der Waals surface area contributed by atoms with Gasteiger partial charge in [0.1, 0.15) is 10.3 Å². The van der Waals surface area contributed by atoms with Crippen LogP contribution in [0.25, 0.3) is 10.3 Å². The molecule has 0 radical (unpaired) electrons. The predicted molar refractivity (Wildman–Crippen MR) is 69.5 cm³/mol. The Morgan fingerprint density at radius 2 is 2.17 bits per heavy atom. The molecular weight excluding hydrogens is 246 g/mol. The Morgan fingerprint density at radius 3 is 2.94 bits per heavy atom. The van der Waals surface area contributed by atoms with Gasteiger partial charge in [-0.1, -0.05) is 11.3 Å². The van der Waals surface area contributed by atoms with Crippen molar-refractivity contribution in [3.8, 4) is 0 Å². The van der Waals surface area contributed by atoms with Crippen molar-refractivity contribution in [3.05, 3.63) is 23.3 Å². The summed E-state index contributed by atoms with van der Waals surface area (Å²) in [6, 6.07) is 4.09. The van der Waals surface area contributed by atoms with Crippen LogP contribution in [0.3, 0.4) is 0 Å². The summed E-state index contributed by atoms with van der Waals surface area (Å²) in [4.78, 5) is 21.5. The highest BCUT2D eigenvalue weighted by Gasteiger charge is 2.46. The van der Waals surface area contributed by atoms with Gasteiger partial charge in [-0.2, -0.15) is 0 Å². The Kier molecular flexibility index (Phi) is 2.17. The maximum atomic E-state index is 12.1. The van der Waals surface area contributed by atoms with Gasteiger partial charge in [0.25, 0.3) is 5.91 Å². The van der Waals surface area contributed by atoms with Gasteiger partial charge in [-0.25, -0.2) is 9.97 Å². The van der Waals surface area contributed by atoms with Crippen LogP contribution in [-0.4, -0.2) is 21.9 Å². The van der Waals surface area contributed by atoms with Crippen molar-refractivity contribution in [2.75, 3.05) is 0 Å². The molecule has 2 aliphatic rings. The van der Waals surface area contributed by atoms with Crippen LogP contribution in [0, 0.1) is 11.8 Å². The molecule has 2 unspecified atom stereocenters. The number of carbonyl (C=O) groups is 1. The molecule has 2 fully saturated rings. The number of aromatic nitrogens is 2. The summed E-state index contributed by atoms with van der Waals surface area (Å²) < 4.78 is 0. The molecule has 2 aromatic rings. The van der Waals surface area contributed by atoms with E-state index in [1.807, 2.05) is 12.1 Å². The lowest BCUT2D eigenvalue weighted by atomic mass is 10.1. The second kappa shape index (κ2) is 3.75. The van der Waals surface area contributed by atoms with E-state index in [0.29, 0.717) is 11.0 Å². The van der Waals surface area contributed by atoms with Crippen molar-refractivity contribution in [1.82, 2.24) is 15.3 Å². The Bertz CT molecular complexity index is 580. The van der Waals surface area contributed by atoms with Crippen molar-refractivity contribution in [2.24, 2.45) is 11.8 Å². The zero-order chi connectivity index (χ0) is 12.1. The minimum atomic E-state index is -0.0377. The van der Waals surface area contributed by atoms with Crippen molar-refractivity contribution in [3.63, 3.8) is 0 Å². The normalized spacial score (nSPS) is 29.2. The summed E-state index contributed by atoms with van der Waals surface area (Å²) in [6.45, 7) is 0. The number of hydrogen-bond acceptors (Lipinski definition) is 4. The number of hydrogen-bond donors (Lipinski definition) is 1. The van der Waals surface area contributed by atoms with Crippen LogP contribution in [-0.2, 0) is 0 Å². The number of nitrogens with zero attached hydrogens (tertiary/aromatic N) is 2. The molecule has 2 aromatic heterocycles. The third-order valence-electron chi connectivity index (χ3n) is 3.94. The summed E-state index contributed by atoms with van der Waals surface area (Å²) in [5.74, 6) is 1.73. The highest BCUT2D eigenvalue weighted by molar-refractivity contribution is 7.19. The van der Waals surface area contributed by atoms with Gasteiger partial charge in [0.05, 0.1) is 0 Å². The van der Waals surface area contributed by atoms with Crippen LogP contribution in [0.1, 0.15) is 29.1 Å². The first-order valence-corrected chi connectivity index (χ1v) is 7.13. The van der Waals surface area contributed by atoms with Gasteiger partial charge in [0, 0.05) is 12.2 Å². The Morgan fingerprint density at radius 1 is 1.33 bits per heavy atom. The van der Waals surface area contributed by atoms with E-state index < -0.39 is 0 Å². The van der Waals surface area contributed by atoms with Gasteiger partial charge in [0.2, 0.25) is 0 Å². The first kappa shape index (κ1) is 10.4. The number of rotatable bonds is 2. The molecule has 2 aliphatic carbocycles. The van der Waals surface area contributed by atoms with Crippen LogP contribution >= 0.6 is 11.3 Å². The third kappa shape index (κ3) is 1.70. The quantitative estimate of drug-likeness (QED) is 0.899. The van der Waals surface area contributed by atoms with Gasteiger partial charge in [-0.15, -0.1) is 0 Å². The molecule has 0 aliphatic heterocycles. The summed E-state index contributed by atoms with van der Waals surface area (Å²) in [6.07, 6.45) is 5.41. The second-order valence-corrected chi connectivity index (χ2v) is 6.22. The Balaban J connectivity index is 1.53. The molecule has 0 saturated heterocycles. The molecule has 1 amide bonds.